The summed E-state index contributed by atoms with van der Waals surface area (Å²) in [5, 5.41) is 10.6. The summed E-state index contributed by atoms with van der Waals surface area (Å²) in [6, 6.07) is 36.5. The van der Waals surface area contributed by atoms with Crippen LogP contribution in [-0.2, 0) is 19.0 Å². The smallest absolute Gasteiger partial charge is 0.399 e. The molecule has 57 heavy (non-hydrogen) atoms. The molecule has 0 aliphatic rings. The second-order valence-electron chi connectivity index (χ2n) is 12.9. The highest BCUT2D eigenvalue weighted by Gasteiger charge is 2.37. The number of nitrogens with one attached hydrogen (secondary N) is 2. The normalized spacial score (nSPS) is 12.0. The molecule has 7 aromatic carbocycles. The highest BCUT2D eigenvalue weighted by molar-refractivity contribution is 7.31. The Bertz CT molecular complexity index is 2780. The molecule has 14 heteroatoms. The van der Waals surface area contributed by atoms with E-state index in [4.69, 9.17) is 12.9 Å². The second kappa shape index (κ2) is 14.8. The minimum absolute atomic E-state index is 0.0111. The molecule has 0 bridgehead atoms. The van der Waals surface area contributed by atoms with Crippen molar-refractivity contribution in [1.29, 1.82) is 0 Å². The van der Waals surface area contributed by atoms with Gasteiger partial charge in [-0.25, -0.2) is 0 Å². The summed E-state index contributed by atoms with van der Waals surface area (Å²) in [5.41, 5.74) is -2.29. The van der Waals surface area contributed by atoms with Crippen LogP contribution in [0.3, 0.4) is 0 Å². The van der Waals surface area contributed by atoms with Crippen molar-refractivity contribution in [3.63, 3.8) is 0 Å². The topological polar surface area (TPSA) is 93.7 Å². The Labute approximate surface area is 320 Å². The van der Waals surface area contributed by atoms with Crippen LogP contribution in [0.4, 0.5) is 37.7 Å². The number of carbonyl (C=O) groups excluding carboxylic acids is 2. The fourth-order valence-corrected chi connectivity index (χ4v) is 7.59. The largest absolute Gasteiger partial charge is 0.416 e. The van der Waals surface area contributed by atoms with Crippen molar-refractivity contribution in [2.24, 2.45) is 0 Å². The molecule has 0 saturated heterocycles. The standard InChI is InChI=1S/C43H27F6N2O5P/c44-42(45,46)28-21-29(43(47,48)49)23-31(22-28)51-41(53)35-15-6-5-14-34(35)40(52)50-30-11-7-8-25(20-30)24-54-57-55-36-18-16-26-9-1-3-12-32(26)38(36)39-33-13-4-2-10-27(33)17-19-37(39)56-57/h1-23H,24H2,(H,50,52)(H,51,53). The zero-order valence-corrected chi connectivity index (χ0v) is 30.1. The van der Waals surface area contributed by atoms with Gasteiger partial charge in [0.2, 0.25) is 0 Å². The first-order chi connectivity index (χ1) is 27.3. The maximum absolute atomic E-state index is 13.5. The maximum atomic E-state index is 13.5. The van der Waals surface area contributed by atoms with E-state index in [-0.39, 0.29) is 23.8 Å². The van der Waals surface area contributed by atoms with Gasteiger partial charge in [0, 0.05) is 22.1 Å². The fourth-order valence-electron chi connectivity index (χ4n) is 6.57. The number of hydrogen-bond donors (Lipinski definition) is 2. The number of hydrogen-bond acceptors (Lipinski definition) is 5. The van der Waals surface area contributed by atoms with Crippen LogP contribution in [-0.4, -0.2) is 11.8 Å². The van der Waals surface area contributed by atoms with Crippen LogP contribution in [0.1, 0.15) is 37.4 Å². The van der Waals surface area contributed by atoms with Crippen LogP contribution in [0.2, 0.25) is 0 Å². The van der Waals surface area contributed by atoms with Crippen molar-refractivity contribution in [1.82, 2.24) is 0 Å². The lowest BCUT2D eigenvalue weighted by molar-refractivity contribution is -0.143. The van der Waals surface area contributed by atoms with E-state index in [1.165, 1.54) is 24.3 Å². The van der Waals surface area contributed by atoms with Crippen molar-refractivity contribution in [3.8, 4) is 0 Å². The second-order valence-corrected chi connectivity index (χ2v) is 14.0. The highest BCUT2D eigenvalue weighted by atomic mass is 31.1. The van der Waals surface area contributed by atoms with Crippen molar-refractivity contribution >= 4 is 74.9 Å². The van der Waals surface area contributed by atoms with Crippen LogP contribution in [0.15, 0.2) is 148 Å². The maximum Gasteiger partial charge on any atom is 0.416 e. The number of fused-ring (bicyclic) bond motifs is 7. The average Bonchev–Trinajstić information content (AvgIpc) is 3.36. The molecule has 0 aliphatic carbocycles. The lowest BCUT2D eigenvalue weighted by atomic mass is 9.99. The van der Waals surface area contributed by atoms with Gasteiger partial charge in [0.25, 0.3) is 11.8 Å². The number of benzene rings is 7. The third-order valence-electron chi connectivity index (χ3n) is 9.16. The molecule has 0 aliphatic heterocycles. The summed E-state index contributed by atoms with van der Waals surface area (Å²) in [6.45, 7) is 0.0111. The molecule has 2 N–H and O–H groups in total. The Morgan fingerprint density at radius 2 is 1.04 bits per heavy atom. The predicted molar refractivity (Wildman–Crippen MR) is 207 cm³/mol. The van der Waals surface area contributed by atoms with Gasteiger partial charge in [0.1, 0.15) is 11.2 Å². The van der Waals surface area contributed by atoms with E-state index < -0.39 is 49.2 Å². The molecule has 1 heterocycles. The lowest BCUT2D eigenvalue weighted by Crippen LogP contribution is -2.21. The van der Waals surface area contributed by atoms with Gasteiger partial charge in [0.05, 0.1) is 28.9 Å². The quantitative estimate of drug-likeness (QED) is 0.157. The van der Waals surface area contributed by atoms with E-state index in [1.54, 1.807) is 24.3 Å². The molecule has 2 amide bonds. The van der Waals surface area contributed by atoms with Crippen LogP contribution in [0.5, 0.6) is 0 Å². The van der Waals surface area contributed by atoms with Crippen molar-refractivity contribution < 1.29 is 48.8 Å². The van der Waals surface area contributed by atoms with E-state index >= 15 is 0 Å². The first-order valence-electron chi connectivity index (χ1n) is 17.2. The Morgan fingerprint density at radius 1 is 0.544 bits per heavy atom. The van der Waals surface area contributed by atoms with Gasteiger partial charge in [0.15, 0.2) is 0 Å². The lowest BCUT2D eigenvalue weighted by Gasteiger charge is -2.15. The summed E-state index contributed by atoms with van der Waals surface area (Å²) in [5.74, 6) is -1.85. The number of alkyl halides is 6. The van der Waals surface area contributed by atoms with E-state index in [1.807, 2.05) is 72.8 Å². The molecule has 1 aromatic heterocycles. The molecular weight excluding hydrogens is 769 g/mol. The highest BCUT2D eigenvalue weighted by Crippen LogP contribution is 2.41. The van der Waals surface area contributed by atoms with Crippen LogP contribution < -0.4 is 15.2 Å². The molecular formula is C43H27F6N2O5P. The Hall–Kier alpha value is -6.56. The molecule has 0 spiro atoms. The summed E-state index contributed by atoms with van der Waals surface area (Å²) in [4.78, 5) is 26.7. The van der Waals surface area contributed by atoms with Crippen LogP contribution >= 0.6 is 8.24 Å². The molecule has 0 radical (unpaired) electrons. The third-order valence-corrected chi connectivity index (χ3v) is 10.2. The first kappa shape index (κ1) is 37.4. The van der Waals surface area contributed by atoms with E-state index in [0.717, 1.165) is 32.3 Å². The van der Waals surface area contributed by atoms with Crippen molar-refractivity contribution in [2.75, 3.05) is 10.6 Å². The van der Waals surface area contributed by atoms with Crippen LogP contribution in [0.25, 0.3) is 43.5 Å². The zero-order chi connectivity index (χ0) is 39.9. The summed E-state index contributed by atoms with van der Waals surface area (Å²) < 4.78 is 99.5. The van der Waals surface area contributed by atoms with Gasteiger partial charge >= 0.3 is 20.6 Å². The van der Waals surface area contributed by atoms with Gasteiger partial charge in [-0.05, 0) is 81.7 Å². The van der Waals surface area contributed by atoms with Gasteiger partial charge in [-0.3, -0.25) is 14.1 Å². The van der Waals surface area contributed by atoms with E-state index in [9.17, 15) is 35.9 Å². The summed E-state index contributed by atoms with van der Waals surface area (Å²) in [6.07, 6.45) is -10.2. The summed E-state index contributed by atoms with van der Waals surface area (Å²) in [7, 11) is -1.98. The number of anilines is 2. The molecule has 0 atom stereocenters. The molecule has 0 fully saturated rings. The number of amides is 2. The molecule has 0 saturated carbocycles. The molecule has 8 aromatic rings. The number of halogens is 6. The first-order valence-corrected chi connectivity index (χ1v) is 18.3. The van der Waals surface area contributed by atoms with Gasteiger partial charge < -0.3 is 19.0 Å². The Kier molecular flexibility index (Phi) is 9.72. The SMILES string of the molecule is O=C(Nc1cccc(COp2oc3ccc4ccccc4c3c3c(ccc4ccccc43)o2)c1)c1ccccc1C(=O)Nc1cc(C(F)(F)F)cc(C(F)(F)F)c1. The monoisotopic (exact) mass is 796 g/mol. The Balaban J connectivity index is 1.05. The molecule has 7 nitrogen and oxygen atoms in total. The van der Waals surface area contributed by atoms with Crippen molar-refractivity contribution in [3.05, 3.63) is 167 Å². The molecule has 286 valence electrons. The van der Waals surface area contributed by atoms with Crippen LogP contribution in [0, 0.1) is 0 Å². The third kappa shape index (κ3) is 7.80. The van der Waals surface area contributed by atoms with E-state index in [0.29, 0.717) is 34.5 Å². The van der Waals surface area contributed by atoms with Gasteiger partial charge in [-0.1, -0.05) is 84.9 Å². The number of rotatable bonds is 7. The van der Waals surface area contributed by atoms with Gasteiger partial charge in [-0.15, -0.1) is 0 Å². The van der Waals surface area contributed by atoms with E-state index in [2.05, 4.69) is 10.6 Å². The Morgan fingerprint density at radius 3 is 1.56 bits per heavy atom. The molecule has 8 rings (SSSR count). The minimum Gasteiger partial charge on any atom is -0.399 e. The average molecular weight is 797 g/mol. The zero-order valence-electron chi connectivity index (χ0n) is 29.2. The fraction of sp³-hybridized carbons (Fsp3) is 0.0698. The number of carbonyl (C=O) groups is 2. The molecule has 0 unspecified atom stereocenters. The van der Waals surface area contributed by atoms with Crippen molar-refractivity contribution in [2.45, 2.75) is 19.0 Å². The predicted octanol–water partition coefficient (Wildman–Crippen LogP) is 12.8. The summed E-state index contributed by atoms with van der Waals surface area (Å²) >= 11 is 0. The minimum atomic E-state index is -5.11. The van der Waals surface area contributed by atoms with Gasteiger partial charge in [-0.2, -0.15) is 26.3 Å².